The number of halogens is 4. The Bertz CT molecular complexity index is 1120. The SMILES string of the molecule is COC(C)(C)COC1COc2cc(F)ccc2C1Nc1ncnc2[nH]c(C(F)(F)F)cc12. The molecule has 0 saturated heterocycles. The summed E-state index contributed by atoms with van der Waals surface area (Å²) in [6.07, 6.45) is -3.94. The third kappa shape index (κ3) is 4.49. The van der Waals surface area contributed by atoms with E-state index in [9.17, 15) is 17.6 Å². The van der Waals surface area contributed by atoms with Crippen LogP contribution in [0.2, 0.25) is 0 Å². The Morgan fingerprint density at radius 1 is 1.22 bits per heavy atom. The molecule has 1 aliphatic rings. The van der Waals surface area contributed by atoms with Gasteiger partial charge in [0.05, 0.1) is 23.6 Å². The number of hydrogen-bond acceptors (Lipinski definition) is 6. The molecule has 1 aliphatic heterocycles. The van der Waals surface area contributed by atoms with Crippen LogP contribution in [-0.4, -0.2) is 47.0 Å². The van der Waals surface area contributed by atoms with Crippen molar-refractivity contribution in [1.29, 1.82) is 0 Å². The summed E-state index contributed by atoms with van der Waals surface area (Å²) in [4.78, 5) is 10.3. The number of fused-ring (bicyclic) bond motifs is 2. The van der Waals surface area contributed by atoms with Crippen molar-refractivity contribution in [3.63, 3.8) is 0 Å². The number of alkyl halides is 3. The molecule has 172 valence electrons. The Balaban J connectivity index is 1.70. The third-order valence-corrected chi connectivity index (χ3v) is 5.31. The van der Waals surface area contributed by atoms with Crippen molar-refractivity contribution in [2.45, 2.75) is 37.8 Å². The van der Waals surface area contributed by atoms with Crippen molar-refractivity contribution in [1.82, 2.24) is 15.0 Å². The number of nitrogens with one attached hydrogen (secondary N) is 2. The quantitative estimate of drug-likeness (QED) is 0.535. The maximum absolute atomic E-state index is 13.7. The summed E-state index contributed by atoms with van der Waals surface area (Å²) < 4.78 is 70.4. The second-order valence-corrected chi connectivity index (χ2v) is 8.09. The molecule has 2 unspecified atom stereocenters. The molecule has 0 radical (unpaired) electrons. The average Bonchev–Trinajstić information content (AvgIpc) is 3.19. The summed E-state index contributed by atoms with van der Waals surface area (Å²) in [7, 11) is 1.57. The largest absolute Gasteiger partial charge is 0.490 e. The van der Waals surface area contributed by atoms with Gasteiger partial charge in [-0.15, -0.1) is 0 Å². The number of nitrogens with zero attached hydrogens (tertiary/aromatic N) is 2. The lowest BCUT2D eigenvalue weighted by Gasteiger charge is -2.36. The lowest BCUT2D eigenvalue weighted by molar-refractivity contribution is -0.140. The van der Waals surface area contributed by atoms with E-state index in [0.717, 1.165) is 12.4 Å². The van der Waals surface area contributed by atoms with Crippen LogP contribution in [0.3, 0.4) is 0 Å². The summed E-state index contributed by atoms with van der Waals surface area (Å²) >= 11 is 0. The zero-order chi connectivity index (χ0) is 23.1. The Kier molecular flexibility index (Phi) is 5.72. The van der Waals surface area contributed by atoms with Crippen molar-refractivity contribution in [2.24, 2.45) is 0 Å². The standard InChI is InChI=1S/C21H22F4N4O3/c1-20(2,30-3)9-32-15-8-31-14-6-11(22)4-5-12(14)17(15)29-19-13-7-16(21(23,24)25)28-18(13)26-10-27-19/h4-7,10,15,17H,8-9H2,1-3H3,(H2,26,27,28,29). The molecule has 4 rings (SSSR count). The summed E-state index contributed by atoms with van der Waals surface area (Å²) in [6, 6.07) is 4.47. The zero-order valence-electron chi connectivity index (χ0n) is 17.6. The first kappa shape index (κ1) is 22.3. The van der Waals surface area contributed by atoms with E-state index in [0.29, 0.717) is 11.3 Å². The van der Waals surface area contributed by atoms with Crippen LogP contribution in [0.5, 0.6) is 5.75 Å². The number of aromatic nitrogens is 3. The molecule has 2 atom stereocenters. The van der Waals surface area contributed by atoms with E-state index in [1.807, 2.05) is 13.8 Å². The predicted octanol–water partition coefficient (Wildman–Crippen LogP) is 4.47. The molecule has 0 bridgehead atoms. The van der Waals surface area contributed by atoms with Crippen LogP contribution in [-0.2, 0) is 15.7 Å². The van der Waals surface area contributed by atoms with Crippen molar-refractivity contribution >= 4 is 16.9 Å². The summed E-state index contributed by atoms with van der Waals surface area (Å²) in [5.41, 5.74) is -0.867. The Hall–Kier alpha value is -2.92. The minimum absolute atomic E-state index is 0.0409. The van der Waals surface area contributed by atoms with Crippen LogP contribution in [0.4, 0.5) is 23.4 Å². The highest BCUT2D eigenvalue weighted by molar-refractivity contribution is 5.88. The highest BCUT2D eigenvalue weighted by atomic mass is 19.4. The van der Waals surface area contributed by atoms with E-state index >= 15 is 0 Å². The van der Waals surface area contributed by atoms with Gasteiger partial charge in [-0.25, -0.2) is 14.4 Å². The Morgan fingerprint density at radius 2 is 2.00 bits per heavy atom. The molecule has 32 heavy (non-hydrogen) atoms. The molecule has 2 aromatic heterocycles. The second-order valence-electron chi connectivity index (χ2n) is 8.09. The van der Waals surface area contributed by atoms with Crippen LogP contribution in [0.1, 0.15) is 31.1 Å². The molecule has 1 aromatic carbocycles. The van der Waals surface area contributed by atoms with Gasteiger partial charge in [-0.2, -0.15) is 13.2 Å². The first-order valence-electron chi connectivity index (χ1n) is 9.84. The Morgan fingerprint density at radius 3 is 2.72 bits per heavy atom. The Labute approximate surface area is 181 Å². The molecule has 0 saturated carbocycles. The van der Waals surface area contributed by atoms with E-state index in [1.54, 1.807) is 13.2 Å². The molecule has 0 spiro atoms. The minimum atomic E-state index is -4.56. The average molecular weight is 454 g/mol. The molecule has 0 amide bonds. The minimum Gasteiger partial charge on any atom is -0.490 e. The van der Waals surface area contributed by atoms with Gasteiger partial charge in [0.15, 0.2) is 0 Å². The number of benzene rings is 1. The van der Waals surface area contributed by atoms with E-state index in [-0.39, 0.29) is 30.1 Å². The summed E-state index contributed by atoms with van der Waals surface area (Å²) in [5, 5.41) is 3.33. The molecule has 2 N–H and O–H groups in total. The number of methoxy groups -OCH3 is 1. The van der Waals surface area contributed by atoms with Crippen molar-refractivity contribution in [3.05, 3.63) is 47.7 Å². The fourth-order valence-corrected chi connectivity index (χ4v) is 3.40. The number of aromatic amines is 1. The first-order valence-corrected chi connectivity index (χ1v) is 9.84. The van der Waals surface area contributed by atoms with Gasteiger partial charge in [-0.1, -0.05) is 6.07 Å². The summed E-state index contributed by atoms with van der Waals surface area (Å²) in [5.74, 6) is 0.0412. The van der Waals surface area contributed by atoms with E-state index in [4.69, 9.17) is 14.2 Å². The molecule has 3 heterocycles. The number of ether oxygens (including phenoxy) is 3. The maximum atomic E-state index is 13.7. The van der Waals surface area contributed by atoms with Gasteiger partial charge < -0.3 is 24.5 Å². The van der Waals surface area contributed by atoms with Crippen LogP contribution in [0.25, 0.3) is 11.0 Å². The lowest BCUT2D eigenvalue weighted by atomic mass is 9.97. The van der Waals surface area contributed by atoms with Crippen LogP contribution in [0.15, 0.2) is 30.6 Å². The van der Waals surface area contributed by atoms with Gasteiger partial charge in [0.2, 0.25) is 0 Å². The normalized spacial score (nSPS) is 19.0. The second kappa shape index (κ2) is 8.21. The highest BCUT2D eigenvalue weighted by Crippen LogP contribution is 2.38. The van der Waals surface area contributed by atoms with Crippen LogP contribution < -0.4 is 10.1 Å². The van der Waals surface area contributed by atoms with Gasteiger partial charge in [0.25, 0.3) is 0 Å². The number of rotatable bonds is 6. The molecule has 11 heteroatoms. The number of H-pyrrole nitrogens is 1. The number of hydrogen-bond donors (Lipinski definition) is 2. The van der Waals surface area contributed by atoms with Crippen molar-refractivity contribution in [3.8, 4) is 5.75 Å². The van der Waals surface area contributed by atoms with Gasteiger partial charge in [0.1, 0.15) is 47.8 Å². The van der Waals surface area contributed by atoms with Crippen LogP contribution in [0, 0.1) is 5.82 Å². The molecular formula is C21H22F4N4O3. The summed E-state index contributed by atoms with van der Waals surface area (Å²) in [6.45, 7) is 4.04. The van der Waals surface area contributed by atoms with Crippen LogP contribution >= 0.6 is 0 Å². The smallest absolute Gasteiger partial charge is 0.431 e. The molecule has 7 nitrogen and oxygen atoms in total. The fourth-order valence-electron chi connectivity index (χ4n) is 3.40. The van der Waals surface area contributed by atoms with Crippen molar-refractivity contribution < 1.29 is 31.8 Å². The molecule has 0 aliphatic carbocycles. The highest BCUT2D eigenvalue weighted by Gasteiger charge is 2.36. The monoisotopic (exact) mass is 454 g/mol. The maximum Gasteiger partial charge on any atom is 0.431 e. The van der Waals surface area contributed by atoms with E-state index < -0.39 is 35.4 Å². The topological polar surface area (TPSA) is 81.3 Å². The third-order valence-electron chi connectivity index (χ3n) is 5.31. The lowest BCUT2D eigenvalue weighted by Crippen LogP contribution is -2.41. The van der Waals surface area contributed by atoms with Gasteiger partial charge in [-0.05, 0) is 26.0 Å². The molecule has 3 aromatic rings. The molecule has 0 fully saturated rings. The van der Waals surface area contributed by atoms with E-state index in [2.05, 4.69) is 20.3 Å². The first-order chi connectivity index (χ1) is 15.1. The van der Waals surface area contributed by atoms with Gasteiger partial charge in [0, 0.05) is 18.7 Å². The van der Waals surface area contributed by atoms with E-state index in [1.165, 1.54) is 12.1 Å². The fraction of sp³-hybridized carbons (Fsp3) is 0.429. The predicted molar refractivity (Wildman–Crippen MR) is 108 cm³/mol. The van der Waals surface area contributed by atoms with Gasteiger partial charge >= 0.3 is 6.18 Å². The van der Waals surface area contributed by atoms with Crippen molar-refractivity contribution in [2.75, 3.05) is 25.6 Å². The molecular weight excluding hydrogens is 432 g/mol. The number of anilines is 1. The zero-order valence-corrected chi connectivity index (χ0v) is 17.6. The van der Waals surface area contributed by atoms with Gasteiger partial charge in [-0.3, -0.25) is 0 Å².